The van der Waals surface area contributed by atoms with Gasteiger partial charge in [0, 0.05) is 17.4 Å². The van der Waals surface area contributed by atoms with E-state index in [0.29, 0.717) is 5.89 Å². The van der Waals surface area contributed by atoms with Crippen LogP contribution in [0.5, 0.6) is 0 Å². The van der Waals surface area contributed by atoms with E-state index in [1.165, 1.54) is 5.56 Å². The number of rotatable bonds is 4. The number of benzene rings is 2. The molecule has 0 bridgehead atoms. The summed E-state index contributed by atoms with van der Waals surface area (Å²) in [4.78, 5) is 9.28. The molecule has 0 aliphatic rings. The van der Waals surface area contributed by atoms with E-state index in [2.05, 4.69) is 29.2 Å². The lowest BCUT2D eigenvalue weighted by atomic mass is 10.2. The molecule has 4 rings (SSSR count). The fourth-order valence-electron chi connectivity index (χ4n) is 2.61. The maximum atomic E-state index is 5.98. The second kappa shape index (κ2) is 6.42. The number of nitrogens with zero attached hydrogens (tertiary/aromatic N) is 2. The minimum absolute atomic E-state index is 0.640. The molecule has 2 heterocycles. The van der Waals surface area contributed by atoms with Crippen molar-refractivity contribution in [3.05, 3.63) is 82.3 Å². The first-order valence-corrected chi connectivity index (χ1v) is 8.69. The minimum atomic E-state index is 0.640. The van der Waals surface area contributed by atoms with Crippen LogP contribution in [0.15, 0.2) is 70.5 Å². The first-order valence-electron chi connectivity index (χ1n) is 7.81. The van der Waals surface area contributed by atoms with Crippen LogP contribution in [0, 0.1) is 6.92 Å². The van der Waals surface area contributed by atoms with Gasteiger partial charge in [0.2, 0.25) is 5.89 Å². The van der Waals surface area contributed by atoms with Gasteiger partial charge in [-0.2, -0.15) is 0 Å². The Morgan fingerprint density at radius 2 is 1.62 bits per heavy atom. The number of hydrogen-bond donors (Lipinski definition) is 0. The molecule has 0 aliphatic heterocycles. The summed E-state index contributed by atoms with van der Waals surface area (Å²) in [6.07, 6.45) is 0.838. The zero-order valence-corrected chi connectivity index (χ0v) is 14.1. The summed E-state index contributed by atoms with van der Waals surface area (Å²) in [7, 11) is 0. The van der Waals surface area contributed by atoms with Crippen molar-refractivity contribution in [2.24, 2.45) is 0 Å². The Hall–Kier alpha value is -2.72. The molecule has 3 nitrogen and oxygen atoms in total. The third-order valence-corrected chi connectivity index (χ3v) is 4.65. The van der Waals surface area contributed by atoms with Gasteiger partial charge in [-0.15, -0.1) is 11.3 Å². The lowest BCUT2D eigenvalue weighted by Crippen LogP contribution is -1.87. The van der Waals surface area contributed by atoms with Gasteiger partial charge in [-0.25, -0.2) is 9.97 Å². The first kappa shape index (κ1) is 14.8. The predicted molar refractivity (Wildman–Crippen MR) is 97.0 cm³/mol. The molecular formula is C20H16N2OS. The first-order chi connectivity index (χ1) is 11.8. The fourth-order valence-corrected chi connectivity index (χ4v) is 3.41. The van der Waals surface area contributed by atoms with Crippen molar-refractivity contribution in [3.8, 4) is 22.9 Å². The van der Waals surface area contributed by atoms with Crippen LogP contribution in [0.25, 0.3) is 22.9 Å². The molecule has 0 N–H and O–H groups in total. The maximum absolute atomic E-state index is 5.98. The van der Waals surface area contributed by atoms with Gasteiger partial charge >= 0.3 is 0 Å². The molecule has 0 atom stereocenters. The SMILES string of the molecule is Cc1nc(-c2ccccc2)oc1-c1csc(Cc2ccccc2)n1. The van der Waals surface area contributed by atoms with Crippen LogP contribution in [0.2, 0.25) is 0 Å². The molecule has 0 amide bonds. The van der Waals surface area contributed by atoms with Gasteiger partial charge in [0.15, 0.2) is 5.76 Å². The van der Waals surface area contributed by atoms with Gasteiger partial charge in [0.25, 0.3) is 0 Å². The minimum Gasteiger partial charge on any atom is -0.434 e. The van der Waals surface area contributed by atoms with Crippen molar-refractivity contribution in [2.75, 3.05) is 0 Å². The molecule has 2 aromatic heterocycles. The van der Waals surface area contributed by atoms with Crippen molar-refractivity contribution in [3.63, 3.8) is 0 Å². The van der Waals surface area contributed by atoms with Crippen molar-refractivity contribution < 1.29 is 4.42 Å². The van der Waals surface area contributed by atoms with E-state index < -0.39 is 0 Å². The Labute approximate surface area is 144 Å². The Morgan fingerprint density at radius 1 is 0.917 bits per heavy atom. The van der Waals surface area contributed by atoms with Crippen molar-refractivity contribution in [1.29, 1.82) is 0 Å². The average molecular weight is 332 g/mol. The number of thiazole rings is 1. The normalized spacial score (nSPS) is 10.9. The van der Waals surface area contributed by atoms with Crippen molar-refractivity contribution in [1.82, 2.24) is 9.97 Å². The van der Waals surface area contributed by atoms with E-state index in [0.717, 1.165) is 34.1 Å². The molecule has 2 aromatic carbocycles. The highest BCUT2D eigenvalue weighted by Crippen LogP contribution is 2.30. The third kappa shape index (κ3) is 3.01. The summed E-state index contributed by atoms with van der Waals surface area (Å²) in [5.41, 5.74) is 3.97. The fraction of sp³-hybridized carbons (Fsp3) is 0.100. The zero-order valence-electron chi connectivity index (χ0n) is 13.3. The summed E-state index contributed by atoms with van der Waals surface area (Å²) in [6.45, 7) is 1.96. The zero-order chi connectivity index (χ0) is 16.4. The molecule has 0 aliphatic carbocycles. The highest BCUT2D eigenvalue weighted by Gasteiger charge is 2.16. The van der Waals surface area contributed by atoms with Crippen molar-refractivity contribution >= 4 is 11.3 Å². The van der Waals surface area contributed by atoms with Crippen LogP contribution in [-0.4, -0.2) is 9.97 Å². The molecule has 0 spiro atoms. The molecule has 0 fully saturated rings. The average Bonchev–Trinajstić information content (AvgIpc) is 3.23. The molecule has 4 aromatic rings. The van der Waals surface area contributed by atoms with E-state index in [1.807, 2.05) is 48.7 Å². The van der Waals surface area contributed by atoms with Gasteiger partial charge in [-0.1, -0.05) is 48.5 Å². The topological polar surface area (TPSA) is 38.9 Å². The monoisotopic (exact) mass is 332 g/mol. The standard InChI is InChI=1S/C20H16N2OS/c1-14-19(23-20(21-14)16-10-6-3-7-11-16)17-13-24-18(22-17)12-15-8-4-2-5-9-15/h2-11,13H,12H2,1H3. The number of aromatic nitrogens is 2. The third-order valence-electron chi connectivity index (χ3n) is 3.80. The van der Waals surface area contributed by atoms with Crippen LogP contribution in [0.3, 0.4) is 0 Å². The highest BCUT2D eigenvalue weighted by atomic mass is 32.1. The number of aryl methyl sites for hydroxylation is 1. The van der Waals surface area contributed by atoms with Crippen LogP contribution in [-0.2, 0) is 6.42 Å². The summed E-state index contributed by atoms with van der Waals surface area (Å²) in [6, 6.07) is 20.3. The van der Waals surface area contributed by atoms with Gasteiger partial charge in [-0.05, 0) is 24.6 Å². The quantitative estimate of drug-likeness (QED) is 0.505. The number of oxazole rings is 1. The molecule has 24 heavy (non-hydrogen) atoms. The van der Waals surface area contributed by atoms with Crippen LogP contribution in [0.1, 0.15) is 16.3 Å². The van der Waals surface area contributed by atoms with Gasteiger partial charge in [0.1, 0.15) is 5.69 Å². The van der Waals surface area contributed by atoms with Crippen molar-refractivity contribution in [2.45, 2.75) is 13.3 Å². The van der Waals surface area contributed by atoms with E-state index in [1.54, 1.807) is 11.3 Å². The van der Waals surface area contributed by atoms with Crippen LogP contribution < -0.4 is 0 Å². The molecule has 4 heteroatoms. The summed E-state index contributed by atoms with van der Waals surface area (Å²) < 4.78 is 5.98. The molecule has 0 radical (unpaired) electrons. The Bertz CT molecular complexity index is 942. The Morgan fingerprint density at radius 3 is 2.38 bits per heavy atom. The number of hydrogen-bond acceptors (Lipinski definition) is 4. The second-order valence-electron chi connectivity index (χ2n) is 5.59. The summed E-state index contributed by atoms with van der Waals surface area (Å²) in [5.74, 6) is 1.39. The van der Waals surface area contributed by atoms with Gasteiger partial charge in [0.05, 0.1) is 10.7 Å². The molecular weight excluding hydrogens is 316 g/mol. The van der Waals surface area contributed by atoms with E-state index in [-0.39, 0.29) is 0 Å². The van der Waals surface area contributed by atoms with E-state index in [4.69, 9.17) is 9.40 Å². The Kier molecular flexibility index (Phi) is 3.97. The second-order valence-corrected chi connectivity index (χ2v) is 6.53. The van der Waals surface area contributed by atoms with E-state index >= 15 is 0 Å². The van der Waals surface area contributed by atoms with Crippen LogP contribution >= 0.6 is 11.3 Å². The lowest BCUT2D eigenvalue weighted by molar-refractivity contribution is 0.586. The molecule has 0 unspecified atom stereocenters. The van der Waals surface area contributed by atoms with Gasteiger partial charge < -0.3 is 4.42 Å². The maximum Gasteiger partial charge on any atom is 0.227 e. The summed E-state index contributed by atoms with van der Waals surface area (Å²) in [5, 5.41) is 3.12. The largest absolute Gasteiger partial charge is 0.434 e. The Balaban J connectivity index is 1.62. The van der Waals surface area contributed by atoms with Gasteiger partial charge in [-0.3, -0.25) is 0 Å². The molecule has 0 saturated heterocycles. The lowest BCUT2D eigenvalue weighted by Gasteiger charge is -1.96. The summed E-state index contributed by atoms with van der Waals surface area (Å²) >= 11 is 1.65. The molecule has 0 saturated carbocycles. The molecule has 118 valence electrons. The van der Waals surface area contributed by atoms with E-state index in [9.17, 15) is 0 Å². The smallest absolute Gasteiger partial charge is 0.227 e. The van der Waals surface area contributed by atoms with Crippen LogP contribution in [0.4, 0.5) is 0 Å². The predicted octanol–water partition coefficient (Wildman–Crippen LogP) is 5.36. The highest BCUT2D eigenvalue weighted by molar-refractivity contribution is 7.10.